The van der Waals surface area contributed by atoms with Crippen LogP contribution < -0.4 is 5.32 Å². The summed E-state index contributed by atoms with van der Waals surface area (Å²) in [7, 11) is 0. The second-order valence-electron chi connectivity index (χ2n) is 2.20. The van der Waals surface area contributed by atoms with Crippen molar-refractivity contribution >= 4 is 0 Å². The van der Waals surface area contributed by atoms with Gasteiger partial charge in [-0.05, 0) is 19.8 Å². The molecule has 0 bridgehead atoms. The number of piperidine rings is 1. The Morgan fingerprint density at radius 1 is 1.71 bits per heavy atom. The molecule has 1 N–H and O–H groups in total. The SMILES string of the molecule is CC1CCC[CH]N1. The average molecular weight is 98.2 g/mol. The maximum atomic E-state index is 3.26. The lowest BCUT2D eigenvalue weighted by atomic mass is 10.1. The highest BCUT2D eigenvalue weighted by Crippen LogP contribution is 2.07. The molecule has 7 heavy (non-hydrogen) atoms. The molecule has 1 radical (unpaired) electrons. The van der Waals surface area contributed by atoms with Crippen molar-refractivity contribution in [3.63, 3.8) is 0 Å². The third kappa shape index (κ3) is 1.48. The summed E-state index contributed by atoms with van der Waals surface area (Å²) in [5.74, 6) is 0. The van der Waals surface area contributed by atoms with Crippen molar-refractivity contribution in [1.82, 2.24) is 5.32 Å². The minimum Gasteiger partial charge on any atom is -0.310 e. The first-order valence-electron chi connectivity index (χ1n) is 2.97. The van der Waals surface area contributed by atoms with Crippen molar-refractivity contribution in [2.45, 2.75) is 32.2 Å². The zero-order valence-corrected chi connectivity index (χ0v) is 4.78. The van der Waals surface area contributed by atoms with E-state index in [0.29, 0.717) is 0 Å². The minimum atomic E-state index is 0.730. The molecule has 1 rings (SSSR count). The summed E-state index contributed by atoms with van der Waals surface area (Å²) in [6.07, 6.45) is 3.97. The molecule has 0 saturated carbocycles. The summed E-state index contributed by atoms with van der Waals surface area (Å²) in [4.78, 5) is 0. The lowest BCUT2D eigenvalue weighted by Crippen LogP contribution is -2.26. The first kappa shape index (κ1) is 5.10. The highest BCUT2D eigenvalue weighted by atomic mass is 14.9. The van der Waals surface area contributed by atoms with Crippen molar-refractivity contribution in [3.05, 3.63) is 6.54 Å². The van der Waals surface area contributed by atoms with Gasteiger partial charge in [0.15, 0.2) is 0 Å². The third-order valence-corrected chi connectivity index (χ3v) is 1.39. The fourth-order valence-corrected chi connectivity index (χ4v) is 0.894. The van der Waals surface area contributed by atoms with E-state index < -0.39 is 0 Å². The molecule has 1 heteroatoms. The number of hydrogen-bond donors (Lipinski definition) is 1. The van der Waals surface area contributed by atoms with Gasteiger partial charge in [-0.25, -0.2) is 0 Å². The molecule has 1 fully saturated rings. The van der Waals surface area contributed by atoms with Gasteiger partial charge in [-0.2, -0.15) is 0 Å². The molecule has 1 saturated heterocycles. The van der Waals surface area contributed by atoms with Crippen LogP contribution in [0.15, 0.2) is 0 Å². The van der Waals surface area contributed by atoms with Crippen LogP contribution in [0, 0.1) is 6.54 Å². The lowest BCUT2D eigenvalue weighted by molar-refractivity contribution is 0.472. The van der Waals surface area contributed by atoms with E-state index in [-0.39, 0.29) is 0 Å². The van der Waals surface area contributed by atoms with Gasteiger partial charge in [-0.1, -0.05) is 6.42 Å². The first-order chi connectivity index (χ1) is 3.39. The molecule has 0 aromatic rings. The molecule has 0 aliphatic carbocycles. The molecule has 1 aliphatic heterocycles. The molecule has 1 unspecified atom stereocenters. The van der Waals surface area contributed by atoms with E-state index in [0.717, 1.165) is 6.04 Å². The van der Waals surface area contributed by atoms with Crippen LogP contribution in [0.3, 0.4) is 0 Å². The Morgan fingerprint density at radius 3 is 2.86 bits per heavy atom. The van der Waals surface area contributed by atoms with Crippen LogP contribution in [0.5, 0.6) is 0 Å². The smallest absolute Gasteiger partial charge is 0.0223 e. The predicted octanol–water partition coefficient (Wildman–Crippen LogP) is 1.31. The second-order valence-corrected chi connectivity index (χ2v) is 2.20. The van der Waals surface area contributed by atoms with Crippen LogP contribution >= 0.6 is 0 Å². The van der Waals surface area contributed by atoms with Gasteiger partial charge in [0, 0.05) is 12.6 Å². The van der Waals surface area contributed by atoms with Crippen molar-refractivity contribution in [2.75, 3.05) is 0 Å². The van der Waals surface area contributed by atoms with Crippen LogP contribution in [0.2, 0.25) is 0 Å². The predicted molar refractivity (Wildman–Crippen MR) is 30.7 cm³/mol. The van der Waals surface area contributed by atoms with Gasteiger partial charge in [-0.15, -0.1) is 0 Å². The van der Waals surface area contributed by atoms with Gasteiger partial charge in [0.2, 0.25) is 0 Å². The lowest BCUT2D eigenvalue weighted by Gasteiger charge is -2.17. The van der Waals surface area contributed by atoms with E-state index in [2.05, 4.69) is 18.8 Å². The molecule has 0 aromatic carbocycles. The summed E-state index contributed by atoms with van der Waals surface area (Å²) in [6.45, 7) is 4.38. The highest BCUT2D eigenvalue weighted by Gasteiger charge is 2.04. The normalized spacial score (nSPS) is 33.0. The summed E-state index contributed by atoms with van der Waals surface area (Å²) < 4.78 is 0. The van der Waals surface area contributed by atoms with Crippen LogP contribution in [0.25, 0.3) is 0 Å². The average Bonchev–Trinajstić information content (AvgIpc) is 1.69. The van der Waals surface area contributed by atoms with Gasteiger partial charge in [0.25, 0.3) is 0 Å². The number of rotatable bonds is 0. The fraction of sp³-hybridized carbons (Fsp3) is 0.833. The van der Waals surface area contributed by atoms with Gasteiger partial charge < -0.3 is 5.32 Å². The van der Waals surface area contributed by atoms with Gasteiger partial charge in [0.05, 0.1) is 0 Å². The van der Waals surface area contributed by atoms with E-state index in [1.54, 1.807) is 0 Å². The molecular formula is C6H12N. The van der Waals surface area contributed by atoms with Crippen molar-refractivity contribution in [1.29, 1.82) is 0 Å². The molecule has 41 valence electrons. The topological polar surface area (TPSA) is 12.0 Å². The van der Waals surface area contributed by atoms with E-state index in [1.807, 2.05) is 0 Å². The van der Waals surface area contributed by atoms with Crippen LogP contribution in [0.1, 0.15) is 26.2 Å². The Kier molecular flexibility index (Phi) is 1.69. The van der Waals surface area contributed by atoms with Gasteiger partial charge in [-0.3, -0.25) is 0 Å². The molecule has 1 heterocycles. The van der Waals surface area contributed by atoms with Gasteiger partial charge >= 0.3 is 0 Å². The summed E-state index contributed by atoms with van der Waals surface area (Å²) >= 11 is 0. The van der Waals surface area contributed by atoms with E-state index in [9.17, 15) is 0 Å². The molecule has 0 aromatic heterocycles. The maximum absolute atomic E-state index is 3.26. The van der Waals surface area contributed by atoms with E-state index >= 15 is 0 Å². The van der Waals surface area contributed by atoms with E-state index in [4.69, 9.17) is 0 Å². The first-order valence-corrected chi connectivity index (χ1v) is 2.97. The molecule has 1 aliphatic rings. The number of hydrogen-bond acceptors (Lipinski definition) is 1. The quantitative estimate of drug-likeness (QED) is 0.481. The second kappa shape index (κ2) is 2.31. The number of nitrogens with one attached hydrogen (secondary N) is 1. The zero-order chi connectivity index (χ0) is 5.11. The zero-order valence-electron chi connectivity index (χ0n) is 4.78. The summed E-state index contributed by atoms with van der Waals surface area (Å²) in [5, 5.41) is 3.26. The largest absolute Gasteiger partial charge is 0.310 e. The Bertz CT molecular complexity index is 46.1. The molecule has 0 spiro atoms. The molecule has 1 atom stereocenters. The fourth-order valence-electron chi connectivity index (χ4n) is 0.894. The van der Waals surface area contributed by atoms with Crippen LogP contribution in [0.4, 0.5) is 0 Å². The van der Waals surface area contributed by atoms with Crippen molar-refractivity contribution in [3.8, 4) is 0 Å². The van der Waals surface area contributed by atoms with Crippen molar-refractivity contribution < 1.29 is 0 Å². The van der Waals surface area contributed by atoms with Gasteiger partial charge in [0.1, 0.15) is 0 Å². The summed E-state index contributed by atoms with van der Waals surface area (Å²) in [5.41, 5.74) is 0. The minimum absolute atomic E-state index is 0.730. The Hall–Kier alpha value is -0.0400. The Morgan fingerprint density at radius 2 is 2.57 bits per heavy atom. The Balaban J connectivity index is 2.12. The molecule has 1 nitrogen and oxygen atoms in total. The van der Waals surface area contributed by atoms with E-state index in [1.165, 1.54) is 19.3 Å². The third-order valence-electron chi connectivity index (χ3n) is 1.39. The Labute approximate surface area is 45.1 Å². The maximum Gasteiger partial charge on any atom is 0.0223 e. The molecular weight excluding hydrogens is 86.1 g/mol. The standard InChI is InChI=1S/C6H12N/c1-6-4-2-3-5-7-6/h5-7H,2-4H2,1H3. The van der Waals surface area contributed by atoms with Crippen LogP contribution in [-0.4, -0.2) is 6.04 Å². The summed E-state index contributed by atoms with van der Waals surface area (Å²) in [6, 6.07) is 0.730. The van der Waals surface area contributed by atoms with Crippen LogP contribution in [-0.2, 0) is 0 Å². The highest BCUT2D eigenvalue weighted by molar-refractivity contribution is 4.74. The molecule has 0 amide bonds. The van der Waals surface area contributed by atoms with Crippen molar-refractivity contribution in [2.24, 2.45) is 0 Å². The monoisotopic (exact) mass is 98.1 g/mol.